The number of hydrogen-bond acceptors (Lipinski definition) is 0. The molecular formula is C17H38. The first kappa shape index (κ1) is 15.1. The summed E-state index contributed by atoms with van der Waals surface area (Å²) in [7, 11) is 2.50. The van der Waals surface area contributed by atoms with E-state index < -0.39 is 0 Å². The maximum absolute atomic E-state index is 5.75. The van der Waals surface area contributed by atoms with Gasteiger partial charge in [-0.05, 0) is 29.6 Å². The zero-order valence-electron chi connectivity index (χ0n) is 15.4. The first-order valence-corrected chi connectivity index (χ1v) is 7.05. The Morgan fingerprint density at radius 2 is 0.647 bits per heavy atom. The molecule has 2 fully saturated rings. The Bertz CT molecular complexity index is 126. The third-order valence-electron chi connectivity index (χ3n) is 5.40. The molecule has 0 aliphatic heterocycles. The number of hydrogen-bond donors (Lipinski definition) is 0. The quantitative estimate of drug-likeness (QED) is 0.464. The van der Waals surface area contributed by atoms with Crippen molar-refractivity contribution in [1.82, 2.24) is 0 Å². The van der Waals surface area contributed by atoms with Gasteiger partial charge in [-0.1, -0.05) is 81.5 Å². The number of rotatable bonds is 0. The van der Waals surface area contributed by atoms with Crippen LogP contribution in [0, 0.1) is 29.6 Å². The fourth-order valence-electron chi connectivity index (χ4n) is 3.28. The van der Waals surface area contributed by atoms with Crippen molar-refractivity contribution in [2.45, 2.75) is 81.5 Å². The van der Waals surface area contributed by atoms with Crippen LogP contribution < -0.4 is 0 Å². The highest BCUT2D eigenvalue weighted by molar-refractivity contribution is 4.86. The normalized spacial score (nSPS) is 40.5. The van der Waals surface area contributed by atoms with E-state index in [-0.39, 0.29) is 0 Å². The summed E-state index contributed by atoms with van der Waals surface area (Å²) in [5.74, 6) is 4.68. The van der Waals surface area contributed by atoms with Gasteiger partial charge < -0.3 is 0 Å². The summed E-state index contributed by atoms with van der Waals surface area (Å²) in [5.41, 5.74) is 0. The minimum Gasteiger partial charge on any atom is -0.0776 e. The Balaban J connectivity index is 0. The summed E-state index contributed by atoms with van der Waals surface area (Å²) in [4.78, 5) is 0. The summed E-state index contributed by atoms with van der Waals surface area (Å²) in [6, 6.07) is 0. The van der Waals surface area contributed by atoms with Crippen molar-refractivity contribution < 1.29 is 2.74 Å². The van der Waals surface area contributed by atoms with Gasteiger partial charge in [0.15, 0.2) is 0 Å². The Hall–Kier alpha value is 0. The summed E-state index contributed by atoms with van der Waals surface area (Å²) >= 11 is 0. The fraction of sp³-hybridized carbons (Fsp3) is 1.00. The Morgan fingerprint density at radius 3 is 0.765 bits per heavy atom. The van der Waals surface area contributed by atoms with Gasteiger partial charge in [0.2, 0.25) is 0 Å². The van der Waals surface area contributed by atoms with Gasteiger partial charge in [-0.25, -0.2) is 0 Å². The van der Waals surface area contributed by atoms with E-state index in [1.807, 2.05) is 0 Å². The first-order chi connectivity index (χ1) is 9.05. The van der Waals surface area contributed by atoms with E-state index >= 15 is 0 Å². The van der Waals surface area contributed by atoms with Crippen LogP contribution in [0.3, 0.4) is 0 Å². The lowest BCUT2D eigenvalue weighted by Gasteiger charge is -2.14. The smallest absolute Gasteiger partial charge is 0.0194 e. The van der Waals surface area contributed by atoms with Crippen molar-refractivity contribution in [3.63, 3.8) is 0 Å². The fourth-order valence-corrected chi connectivity index (χ4v) is 3.28. The van der Waals surface area contributed by atoms with Crippen molar-refractivity contribution in [2.75, 3.05) is 0 Å². The lowest BCUT2D eigenvalue weighted by molar-refractivity contribution is 0.352. The lowest BCUT2D eigenvalue weighted by atomic mass is 9.92. The zero-order valence-corrected chi connectivity index (χ0v) is 13.4. The van der Waals surface area contributed by atoms with Gasteiger partial charge in [0.1, 0.15) is 0 Å². The van der Waals surface area contributed by atoms with E-state index in [1.54, 1.807) is 0 Å². The third-order valence-corrected chi connectivity index (χ3v) is 5.40. The van der Waals surface area contributed by atoms with Crippen LogP contribution in [0.25, 0.3) is 0 Å². The molecule has 2 saturated carbocycles. The molecule has 0 bridgehead atoms. The molecular weight excluding hydrogens is 204 g/mol. The standard InChI is InChI=1S/C10H20.C5H10.2CH4/c1-6-7(2)9(4)10(5)8(6)3;1-2-4-5-3-1;;/h6-10H,1-5H3;1-5H2;2*1H4/i;;2*1T. The summed E-state index contributed by atoms with van der Waals surface area (Å²) < 4.78 is 11.5. The van der Waals surface area contributed by atoms with E-state index in [9.17, 15) is 0 Å². The molecule has 0 heterocycles. The minimum absolute atomic E-state index is 0.935. The van der Waals surface area contributed by atoms with Gasteiger partial charge in [-0.15, -0.1) is 0 Å². The van der Waals surface area contributed by atoms with Gasteiger partial charge in [0, 0.05) is 2.74 Å². The van der Waals surface area contributed by atoms with Gasteiger partial charge in [-0.2, -0.15) is 0 Å². The summed E-state index contributed by atoms with van der Waals surface area (Å²) in [5, 5.41) is 0. The van der Waals surface area contributed by atoms with Crippen LogP contribution in [0.5, 0.6) is 0 Å². The zero-order chi connectivity index (χ0) is 15.4. The van der Waals surface area contributed by atoms with Crippen LogP contribution in [-0.4, -0.2) is 0 Å². The van der Waals surface area contributed by atoms with Crippen molar-refractivity contribution >= 4 is 0 Å². The molecule has 0 saturated heterocycles. The molecule has 0 N–H and O–H groups in total. The van der Waals surface area contributed by atoms with Crippen molar-refractivity contribution in [2.24, 2.45) is 29.6 Å². The molecule has 0 atom stereocenters. The Morgan fingerprint density at radius 1 is 0.529 bits per heavy atom. The first-order valence-electron chi connectivity index (χ1n) is 9.05. The van der Waals surface area contributed by atoms with Crippen LogP contribution in [0.2, 0.25) is 0 Å². The third kappa shape index (κ3) is 5.02. The highest BCUT2D eigenvalue weighted by Crippen LogP contribution is 2.44. The lowest BCUT2D eigenvalue weighted by Crippen LogP contribution is -2.07. The van der Waals surface area contributed by atoms with Gasteiger partial charge in [0.25, 0.3) is 0 Å². The maximum atomic E-state index is 5.75. The van der Waals surface area contributed by atoms with Gasteiger partial charge in [-0.3, -0.25) is 0 Å². The SMILES string of the molecule is C1CCCC1.CC1C(C)C(C)C(C)C1C.[3H]C.[3H]C. The van der Waals surface area contributed by atoms with Crippen molar-refractivity contribution in [3.05, 3.63) is 0 Å². The molecule has 2 aliphatic rings. The molecule has 0 unspecified atom stereocenters. The van der Waals surface area contributed by atoms with Gasteiger partial charge >= 0.3 is 0 Å². The van der Waals surface area contributed by atoms with Crippen LogP contribution in [0.4, 0.5) is 0 Å². The predicted octanol–water partition coefficient (Wildman–Crippen LogP) is 6.40. The molecule has 0 spiro atoms. The van der Waals surface area contributed by atoms with Gasteiger partial charge in [0.05, 0.1) is 0 Å². The maximum Gasteiger partial charge on any atom is 0.0194 e. The highest BCUT2D eigenvalue weighted by Gasteiger charge is 2.38. The Kier molecular flexibility index (Phi) is 7.97. The molecule has 2 aliphatic carbocycles. The van der Waals surface area contributed by atoms with Crippen LogP contribution >= 0.6 is 0 Å². The van der Waals surface area contributed by atoms with Crippen molar-refractivity contribution in [1.29, 1.82) is 0 Å². The van der Waals surface area contributed by atoms with E-state index in [4.69, 9.17) is 2.74 Å². The average Bonchev–Trinajstić information content (AvgIpc) is 3.10. The highest BCUT2D eigenvalue weighted by atomic mass is 14.4. The second-order valence-corrected chi connectivity index (χ2v) is 6.06. The molecule has 17 heavy (non-hydrogen) atoms. The molecule has 0 heteroatoms. The molecule has 0 aromatic carbocycles. The topological polar surface area (TPSA) is 0 Å². The summed E-state index contributed by atoms with van der Waals surface area (Å²) in [6.45, 7) is 12.0. The van der Waals surface area contributed by atoms with E-state index in [0.717, 1.165) is 29.6 Å². The minimum atomic E-state index is 0.935. The second kappa shape index (κ2) is 9.00. The van der Waals surface area contributed by atoms with Crippen LogP contribution in [-0.2, 0) is 0 Å². The Labute approximate surface area is 114 Å². The van der Waals surface area contributed by atoms with E-state index in [1.165, 1.54) is 46.9 Å². The molecule has 0 nitrogen and oxygen atoms in total. The molecule has 0 aromatic rings. The largest absolute Gasteiger partial charge is 0.0776 e. The van der Waals surface area contributed by atoms with Crippen molar-refractivity contribution in [3.8, 4) is 0 Å². The van der Waals surface area contributed by atoms with Crippen LogP contribution in [0.1, 0.15) is 84.3 Å². The summed E-state index contributed by atoms with van der Waals surface area (Å²) in [6.07, 6.45) is 7.50. The predicted molar refractivity (Wildman–Crippen MR) is 82.4 cm³/mol. The molecule has 106 valence electrons. The average molecular weight is 247 g/mol. The monoisotopic (exact) mass is 246 g/mol. The van der Waals surface area contributed by atoms with E-state index in [0.29, 0.717) is 0 Å². The van der Waals surface area contributed by atoms with E-state index in [2.05, 4.69) is 34.6 Å². The second-order valence-electron chi connectivity index (χ2n) is 6.06. The van der Waals surface area contributed by atoms with Crippen LogP contribution in [0.15, 0.2) is 0 Å². The molecule has 0 radical (unpaired) electrons. The molecule has 0 amide bonds. The molecule has 2 rings (SSSR count). The molecule has 0 aromatic heterocycles.